The summed E-state index contributed by atoms with van der Waals surface area (Å²) >= 11 is 1.38. The van der Waals surface area contributed by atoms with Gasteiger partial charge < -0.3 is 5.32 Å². The molecule has 2 aromatic rings. The normalized spacial score (nSPS) is 19.7. The van der Waals surface area contributed by atoms with Gasteiger partial charge in [0, 0.05) is 36.1 Å². The number of amides is 1. The summed E-state index contributed by atoms with van der Waals surface area (Å²) in [5.74, 6) is 0.313. The maximum Gasteiger partial charge on any atom is 0.293 e. The van der Waals surface area contributed by atoms with Crippen molar-refractivity contribution in [3.63, 3.8) is 0 Å². The predicted octanol–water partition coefficient (Wildman–Crippen LogP) is 4.11. The number of benzene rings is 1. The number of rotatable bonds is 7. The van der Waals surface area contributed by atoms with Gasteiger partial charge in [-0.3, -0.25) is 25.1 Å². The standard InChI is InChI=1S/C20H25N5O3S/c1-13-3-2-8-24(10-13)11-16-12-29-20(22-16)23-19(26)14-4-7-17(21-15-5-6-15)18(9-14)25(27)28/h4,7,9,12-13,15,21H,2-3,5-6,8,10-11H2,1H3,(H,22,23,26). The second-order valence-corrected chi connectivity index (χ2v) is 8.85. The third-order valence-electron chi connectivity index (χ3n) is 5.29. The molecule has 1 aromatic heterocycles. The fourth-order valence-corrected chi connectivity index (χ4v) is 4.36. The first-order valence-corrected chi connectivity index (χ1v) is 10.9. The average Bonchev–Trinajstić information content (AvgIpc) is 3.40. The summed E-state index contributed by atoms with van der Waals surface area (Å²) in [6, 6.07) is 4.83. The van der Waals surface area contributed by atoms with Gasteiger partial charge in [0.2, 0.25) is 0 Å². The first kappa shape index (κ1) is 19.8. The highest BCUT2D eigenvalue weighted by atomic mass is 32.1. The maximum atomic E-state index is 12.6. The van der Waals surface area contributed by atoms with Gasteiger partial charge in [0.05, 0.1) is 10.6 Å². The van der Waals surface area contributed by atoms with Gasteiger partial charge >= 0.3 is 0 Å². The van der Waals surface area contributed by atoms with Crippen LogP contribution >= 0.6 is 11.3 Å². The van der Waals surface area contributed by atoms with E-state index in [4.69, 9.17) is 0 Å². The molecule has 1 atom stereocenters. The molecule has 2 aliphatic rings. The zero-order valence-electron chi connectivity index (χ0n) is 16.4. The molecule has 1 saturated carbocycles. The third kappa shape index (κ3) is 5.10. The topological polar surface area (TPSA) is 100 Å². The Kier molecular flexibility index (Phi) is 5.77. The van der Waals surface area contributed by atoms with Crippen molar-refractivity contribution in [3.05, 3.63) is 45.0 Å². The monoisotopic (exact) mass is 415 g/mol. The summed E-state index contributed by atoms with van der Waals surface area (Å²) in [5.41, 5.74) is 1.57. The third-order valence-corrected chi connectivity index (χ3v) is 6.10. The first-order chi connectivity index (χ1) is 14.0. The van der Waals surface area contributed by atoms with Gasteiger partial charge in [-0.2, -0.15) is 0 Å². The Morgan fingerprint density at radius 2 is 2.21 bits per heavy atom. The Morgan fingerprint density at radius 3 is 2.93 bits per heavy atom. The summed E-state index contributed by atoms with van der Waals surface area (Å²) in [4.78, 5) is 30.4. The molecular weight excluding hydrogens is 390 g/mol. The van der Waals surface area contributed by atoms with Crippen LogP contribution in [0.25, 0.3) is 0 Å². The largest absolute Gasteiger partial charge is 0.377 e. The Bertz CT molecular complexity index is 911. The van der Waals surface area contributed by atoms with Crippen LogP contribution in [0.2, 0.25) is 0 Å². The van der Waals surface area contributed by atoms with Crippen molar-refractivity contribution in [1.29, 1.82) is 0 Å². The van der Waals surface area contributed by atoms with E-state index in [1.165, 1.54) is 30.2 Å². The number of thiazole rings is 1. The molecule has 9 heteroatoms. The number of nitrogens with one attached hydrogen (secondary N) is 2. The lowest BCUT2D eigenvalue weighted by atomic mass is 10.0. The molecule has 1 aliphatic carbocycles. The number of piperidine rings is 1. The van der Waals surface area contributed by atoms with Crippen LogP contribution in [0.4, 0.5) is 16.5 Å². The summed E-state index contributed by atoms with van der Waals surface area (Å²) < 4.78 is 0. The maximum absolute atomic E-state index is 12.6. The van der Waals surface area contributed by atoms with Crippen LogP contribution in [0.5, 0.6) is 0 Å². The zero-order chi connectivity index (χ0) is 20.4. The molecular formula is C20H25N5O3S. The van der Waals surface area contributed by atoms with Crippen molar-refractivity contribution in [3.8, 4) is 0 Å². The van der Waals surface area contributed by atoms with Gasteiger partial charge in [0.1, 0.15) is 5.69 Å². The average molecular weight is 416 g/mol. The molecule has 1 aromatic carbocycles. The Morgan fingerprint density at radius 1 is 1.38 bits per heavy atom. The highest BCUT2D eigenvalue weighted by molar-refractivity contribution is 7.14. The van der Waals surface area contributed by atoms with E-state index < -0.39 is 10.8 Å². The minimum absolute atomic E-state index is 0.0800. The number of anilines is 2. The molecule has 0 spiro atoms. The summed E-state index contributed by atoms with van der Waals surface area (Å²) in [5, 5.41) is 19.8. The van der Waals surface area contributed by atoms with Gasteiger partial charge in [-0.05, 0) is 50.3 Å². The number of hydrogen-bond donors (Lipinski definition) is 2. The number of nitrogens with zero attached hydrogens (tertiary/aromatic N) is 3. The van der Waals surface area contributed by atoms with Gasteiger partial charge in [-0.25, -0.2) is 4.98 Å². The van der Waals surface area contributed by atoms with E-state index in [-0.39, 0.29) is 11.3 Å². The number of carbonyl (C=O) groups excluding carboxylic acids is 1. The van der Waals surface area contributed by atoms with Crippen molar-refractivity contribution < 1.29 is 9.72 Å². The molecule has 8 nitrogen and oxygen atoms in total. The van der Waals surface area contributed by atoms with Crippen LogP contribution in [0.15, 0.2) is 23.6 Å². The molecule has 1 amide bonds. The van der Waals surface area contributed by atoms with Crippen LogP contribution in [-0.2, 0) is 6.54 Å². The number of likely N-dealkylation sites (tertiary alicyclic amines) is 1. The van der Waals surface area contributed by atoms with E-state index in [1.807, 2.05) is 5.38 Å². The van der Waals surface area contributed by atoms with Crippen LogP contribution in [-0.4, -0.2) is 39.8 Å². The van der Waals surface area contributed by atoms with E-state index in [2.05, 4.69) is 27.4 Å². The Balaban J connectivity index is 1.40. The van der Waals surface area contributed by atoms with E-state index in [1.54, 1.807) is 12.1 Å². The summed E-state index contributed by atoms with van der Waals surface area (Å²) in [6.45, 7) is 5.20. The molecule has 1 aliphatic heterocycles. The quantitative estimate of drug-likeness (QED) is 0.521. The molecule has 154 valence electrons. The highest BCUT2D eigenvalue weighted by Crippen LogP contribution is 2.32. The van der Waals surface area contributed by atoms with Crippen molar-refractivity contribution in [2.45, 2.75) is 45.2 Å². The number of nitro groups is 1. The van der Waals surface area contributed by atoms with Crippen molar-refractivity contribution in [2.75, 3.05) is 23.7 Å². The summed E-state index contributed by atoms with van der Waals surface area (Å²) in [6.07, 6.45) is 4.51. The summed E-state index contributed by atoms with van der Waals surface area (Å²) in [7, 11) is 0. The highest BCUT2D eigenvalue weighted by Gasteiger charge is 2.26. The minimum Gasteiger partial charge on any atom is -0.377 e. The van der Waals surface area contributed by atoms with Crippen molar-refractivity contribution in [1.82, 2.24) is 9.88 Å². The van der Waals surface area contributed by atoms with E-state index in [0.29, 0.717) is 22.8 Å². The molecule has 0 bridgehead atoms. The van der Waals surface area contributed by atoms with Crippen LogP contribution < -0.4 is 10.6 Å². The number of carbonyl (C=O) groups is 1. The van der Waals surface area contributed by atoms with E-state index in [0.717, 1.165) is 38.2 Å². The van der Waals surface area contributed by atoms with Crippen molar-refractivity contribution in [2.24, 2.45) is 5.92 Å². The Labute approximate surface area is 173 Å². The Hall–Kier alpha value is -2.52. The molecule has 2 fully saturated rings. The lowest BCUT2D eigenvalue weighted by molar-refractivity contribution is -0.384. The van der Waals surface area contributed by atoms with Crippen LogP contribution in [0.3, 0.4) is 0 Å². The van der Waals surface area contributed by atoms with Crippen LogP contribution in [0.1, 0.15) is 48.7 Å². The molecule has 29 heavy (non-hydrogen) atoms. The fraction of sp³-hybridized carbons (Fsp3) is 0.500. The molecule has 2 N–H and O–H groups in total. The van der Waals surface area contributed by atoms with Gasteiger partial charge in [-0.15, -0.1) is 11.3 Å². The zero-order valence-corrected chi connectivity index (χ0v) is 17.2. The van der Waals surface area contributed by atoms with E-state index in [9.17, 15) is 14.9 Å². The molecule has 1 unspecified atom stereocenters. The molecule has 1 saturated heterocycles. The lowest BCUT2D eigenvalue weighted by Gasteiger charge is -2.30. The second-order valence-electron chi connectivity index (χ2n) is 7.99. The van der Waals surface area contributed by atoms with Gasteiger partial charge in [-0.1, -0.05) is 6.92 Å². The van der Waals surface area contributed by atoms with E-state index >= 15 is 0 Å². The van der Waals surface area contributed by atoms with Crippen molar-refractivity contribution >= 4 is 33.8 Å². The van der Waals surface area contributed by atoms with Crippen LogP contribution in [0, 0.1) is 16.0 Å². The van der Waals surface area contributed by atoms with Gasteiger partial charge in [0.15, 0.2) is 5.13 Å². The molecule has 4 rings (SSSR count). The first-order valence-electron chi connectivity index (χ1n) is 10.0. The SMILES string of the molecule is CC1CCCN(Cc2csc(NC(=O)c3ccc(NC4CC4)c([N+](=O)[O-])c3)n2)C1. The second kappa shape index (κ2) is 8.46. The minimum atomic E-state index is -0.456. The van der Waals surface area contributed by atoms with Gasteiger partial charge in [0.25, 0.3) is 11.6 Å². The number of nitro benzene ring substituents is 1. The predicted molar refractivity (Wildman–Crippen MR) is 113 cm³/mol. The smallest absolute Gasteiger partial charge is 0.293 e. The molecule has 0 radical (unpaired) electrons. The fourth-order valence-electron chi connectivity index (χ4n) is 3.66. The number of hydrogen-bond acceptors (Lipinski definition) is 7. The molecule has 2 heterocycles. The lowest BCUT2D eigenvalue weighted by Crippen LogP contribution is -2.33. The number of aromatic nitrogens is 1.